The van der Waals surface area contributed by atoms with Crippen LogP contribution in [-0.4, -0.2) is 27.2 Å². The number of benzene rings is 1. The second kappa shape index (κ2) is 4.74. The van der Waals surface area contributed by atoms with E-state index < -0.39 is 0 Å². The minimum Gasteiger partial charge on any atom is -0.497 e. The Labute approximate surface area is 97.2 Å². The molecule has 0 bridgehead atoms. The van der Waals surface area contributed by atoms with Crippen LogP contribution in [0.15, 0.2) is 24.3 Å². The Morgan fingerprint density at radius 2 is 1.88 bits per heavy atom. The molecule has 3 heteroatoms. The Balaban J connectivity index is 1.85. The topological polar surface area (TPSA) is 33.3 Å². The van der Waals surface area contributed by atoms with E-state index in [0.717, 1.165) is 18.8 Å². The van der Waals surface area contributed by atoms with Gasteiger partial charge in [-0.1, -0.05) is 0 Å². The van der Waals surface area contributed by atoms with Gasteiger partial charge >= 0.3 is 0 Å². The summed E-state index contributed by atoms with van der Waals surface area (Å²) >= 11 is 0. The lowest BCUT2D eigenvalue weighted by Gasteiger charge is -2.16. The first kappa shape index (κ1) is 11.3. The number of hydrogen-bond donors (Lipinski definition) is 2. The van der Waals surface area contributed by atoms with Gasteiger partial charge in [-0.2, -0.15) is 0 Å². The van der Waals surface area contributed by atoms with E-state index >= 15 is 0 Å². The number of anilines is 1. The summed E-state index contributed by atoms with van der Waals surface area (Å²) in [6.45, 7) is 2.16. The van der Waals surface area contributed by atoms with Crippen molar-refractivity contribution in [2.45, 2.75) is 12.8 Å². The maximum absolute atomic E-state index is 5.13. The molecule has 2 N–H and O–H groups in total. The Kier molecular flexibility index (Phi) is 3.34. The van der Waals surface area contributed by atoms with Gasteiger partial charge in [0.05, 0.1) is 7.11 Å². The highest BCUT2D eigenvalue weighted by molar-refractivity contribution is 5.46. The number of nitrogens with one attached hydrogen (secondary N) is 2. The van der Waals surface area contributed by atoms with Crippen molar-refractivity contribution in [2.75, 3.05) is 32.6 Å². The molecule has 1 aromatic rings. The van der Waals surface area contributed by atoms with Gasteiger partial charge in [0, 0.05) is 24.2 Å². The van der Waals surface area contributed by atoms with E-state index in [9.17, 15) is 0 Å². The van der Waals surface area contributed by atoms with Gasteiger partial charge in [-0.3, -0.25) is 0 Å². The Morgan fingerprint density at radius 3 is 2.38 bits per heavy atom. The maximum Gasteiger partial charge on any atom is 0.119 e. The standard InChI is InChI=1S/C13H20N2O/c1-14-9-13(7-8-13)10-15-11-3-5-12(16-2)6-4-11/h3-6,14-15H,7-10H2,1-2H3. The van der Waals surface area contributed by atoms with Gasteiger partial charge in [0.15, 0.2) is 0 Å². The van der Waals surface area contributed by atoms with Crippen LogP contribution in [0, 0.1) is 5.41 Å². The molecular formula is C13H20N2O. The fourth-order valence-electron chi connectivity index (χ4n) is 1.97. The third-order valence-electron chi connectivity index (χ3n) is 3.27. The minimum atomic E-state index is 0.495. The van der Waals surface area contributed by atoms with Crippen LogP contribution in [0.5, 0.6) is 5.75 Å². The highest BCUT2D eigenvalue weighted by Gasteiger charge is 2.41. The monoisotopic (exact) mass is 220 g/mol. The molecule has 3 nitrogen and oxygen atoms in total. The largest absolute Gasteiger partial charge is 0.497 e. The van der Waals surface area contributed by atoms with Gasteiger partial charge in [-0.25, -0.2) is 0 Å². The van der Waals surface area contributed by atoms with Crippen LogP contribution in [0.4, 0.5) is 5.69 Å². The lowest BCUT2D eigenvalue weighted by Crippen LogP contribution is -2.26. The molecule has 0 spiro atoms. The highest BCUT2D eigenvalue weighted by atomic mass is 16.5. The van der Waals surface area contributed by atoms with Crippen molar-refractivity contribution in [2.24, 2.45) is 5.41 Å². The molecule has 0 radical (unpaired) electrons. The van der Waals surface area contributed by atoms with Crippen LogP contribution in [0.2, 0.25) is 0 Å². The zero-order valence-electron chi connectivity index (χ0n) is 10.0. The molecule has 0 saturated heterocycles. The number of rotatable bonds is 6. The summed E-state index contributed by atoms with van der Waals surface area (Å²) in [6, 6.07) is 8.10. The van der Waals surface area contributed by atoms with Crippen LogP contribution in [0.25, 0.3) is 0 Å². The molecule has 1 aliphatic rings. The Morgan fingerprint density at radius 1 is 1.19 bits per heavy atom. The summed E-state index contributed by atoms with van der Waals surface area (Å²) in [5.74, 6) is 0.905. The second-order valence-electron chi connectivity index (χ2n) is 4.61. The predicted molar refractivity (Wildman–Crippen MR) is 67.1 cm³/mol. The average molecular weight is 220 g/mol. The van der Waals surface area contributed by atoms with E-state index in [1.807, 2.05) is 19.2 Å². The van der Waals surface area contributed by atoms with Crippen molar-refractivity contribution in [3.05, 3.63) is 24.3 Å². The smallest absolute Gasteiger partial charge is 0.119 e. The summed E-state index contributed by atoms with van der Waals surface area (Å²) in [4.78, 5) is 0. The normalized spacial score (nSPS) is 16.9. The van der Waals surface area contributed by atoms with Gasteiger partial charge < -0.3 is 15.4 Å². The van der Waals surface area contributed by atoms with Crippen LogP contribution in [0.1, 0.15) is 12.8 Å². The number of methoxy groups -OCH3 is 1. The van der Waals surface area contributed by atoms with E-state index in [1.165, 1.54) is 18.5 Å². The van der Waals surface area contributed by atoms with Gasteiger partial charge in [0.1, 0.15) is 5.75 Å². The van der Waals surface area contributed by atoms with Gasteiger partial charge in [-0.05, 0) is 44.2 Å². The zero-order valence-corrected chi connectivity index (χ0v) is 10.0. The first-order valence-corrected chi connectivity index (χ1v) is 5.81. The zero-order chi connectivity index (χ0) is 11.4. The van der Waals surface area contributed by atoms with Gasteiger partial charge in [-0.15, -0.1) is 0 Å². The van der Waals surface area contributed by atoms with Crippen LogP contribution in [-0.2, 0) is 0 Å². The number of hydrogen-bond acceptors (Lipinski definition) is 3. The van der Waals surface area contributed by atoms with Crippen molar-refractivity contribution in [3.63, 3.8) is 0 Å². The maximum atomic E-state index is 5.13. The van der Waals surface area contributed by atoms with E-state index in [-0.39, 0.29) is 0 Å². The second-order valence-corrected chi connectivity index (χ2v) is 4.61. The van der Waals surface area contributed by atoms with Crippen molar-refractivity contribution < 1.29 is 4.74 Å². The van der Waals surface area contributed by atoms with Crippen LogP contribution >= 0.6 is 0 Å². The summed E-state index contributed by atoms with van der Waals surface area (Å²) < 4.78 is 5.13. The third kappa shape index (κ3) is 2.67. The van der Waals surface area contributed by atoms with E-state index in [1.54, 1.807) is 7.11 Å². The van der Waals surface area contributed by atoms with E-state index in [4.69, 9.17) is 4.74 Å². The molecule has 0 aliphatic heterocycles. The molecule has 0 unspecified atom stereocenters. The molecule has 88 valence electrons. The Hall–Kier alpha value is -1.22. The quantitative estimate of drug-likeness (QED) is 0.770. The highest BCUT2D eigenvalue weighted by Crippen LogP contribution is 2.44. The molecule has 0 aromatic heterocycles. The third-order valence-corrected chi connectivity index (χ3v) is 3.27. The van der Waals surface area contributed by atoms with Crippen molar-refractivity contribution in [3.8, 4) is 5.75 Å². The summed E-state index contributed by atoms with van der Waals surface area (Å²) in [7, 11) is 3.71. The first-order valence-electron chi connectivity index (χ1n) is 5.81. The molecule has 0 heterocycles. The van der Waals surface area contributed by atoms with Crippen molar-refractivity contribution in [1.29, 1.82) is 0 Å². The Bertz CT molecular complexity index is 330. The molecule has 1 saturated carbocycles. The predicted octanol–water partition coefficient (Wildman–Crippen LogP) is 2.11. The van der Waals surface area contributed by atoms with Gasteiger partial charge in [0.25, 0.3) is 0 Å². The summed E-state index contributed by atoms with van der Waals surface area (Å²) in [5, 5.41) is 6.75. The minimum absolute atomic E-state index is 0.495. The lowest BCUT2D eigenvalue weighted by atomic mass is 10.1. The fraction of sp³-hybridized carbons (Fsp3) is 0.538. The van der Waals surface area contributed by atoms with E-state index in [0.29, 0.717) is 5.41 Å². The summed E-state index contributed by atoms with van der Waals surface area (Å²) in [6.07, 6.45) is 2.66. The first-order chi connectivity index (χ1) is 7.78. The molecule has 1 aliphatic carbocycles. The van der Waals surface area contributed by atoms with Crippen molar-refractivity contribution in [1.82, 2.24) is 5.32 Å². The lowest BCUT2D eigenvalue weighted by molar-refractivity contribution is 0.415. The molecule has 1 aromatic carbocycles. The van der Waals surface area contributed by atoms with Crippen LogP contribution < -0.4 is 15.4 Å². The van der Waals surface area contributed by atoms with Gasteiger partial charge in [0.2, 0.25) is 0 Å². The average Bonchev–Trinajstić information content (AvgIpc) is 3.08. The van der Waals surface area contributed by atoms with E-state index in [2.05, 4.69) is 22.8 Å². The SMILES string of the molecule is CNCC1(CNc2ccc(OC)cc2)CC1. The molecule has 16 heavy (non-hydrogen) atoms. The molecule has 1 fully saturated rings. The van der Waals surface area contributed by atoms with Crippen molar-refractivity contribution >= 4 is 5.69 Å². The number of ether oxygens (including phenoxy) is 1. The molecule has 0 amide bonds. The van der Waals surface area contributed by atoms with Crippen LogP contribution in [0.3, 0.4) is 0 Å². The fourth-order valence-corrected chi connectivity index (χ4v) is 1.97. The molecular weight excluding hydrogens is 200 g/mol. The molecule has 2 rings (SSSR count). The molecule has 0 atom stereocenters. The summed E-state index contributed by atoms with van der Waals surface area (Å²) in [5.41, 5.74) is 1.66.